The van der Waals surface area contributed by atoms with Gasteiger partial charge in [-0.1, -0.05) is 30.7 Å². The number of nitro groups is 1. The highest BCUT2D eigenvalue weighted by Crippen LogP contribution is 2.22. The van der Waals surface area contributed by atoms with Crippen LogP contribution in [0.15, 0.2) is 23.8 Å². The van der Waals surface area contributed by atoms with Crippen LogP contribution < -0.4 is 5.32 Å². The van der Waals surface area contributed by atoms with Gasteiger partial charge in [-0.25, -0.2) is 0 Å². The van der Waals surface area contributed by atoms with Crippen LogP contribution in [0.2, 0.25) is 0 Å². The number of rotatable bonds is 6. The van der Waals surface area contributed by atoms with E-state index in [0.717, 1.165) is 18.5 Å². The third-order valence-electron chi connectivity index (χ3n) is 3.45. The zero-order valence-electron chi connectivity index (χ0n) is 11.5. The van der Waals surface area contributed by atoms with Crippen LogP contribution in [0.25, 0.3) is 6.08 Å². The van der Waals surface area contributed by atoms with Gasteiger partial charge in [0.1, 0.15) is 0 Å². The molecular formula is C15H20N2O2. The molecule has 0 heterocycles. The molecular weight excluding hydrogens is 240 g/mol. The Kier molecular flexibility index (Phi) is 4.32. The number of nitrogens with zero attached hydrogens (tertiary/aromatic N) is 1. The molecule has 4 nitrogen and oxygen atoms in total. The molecule has 0 atom stereocenters. The minimum atomic E-state index is -0.319. The van der Waals surface area contributed by atoms with Crippen molar-refractivity contribution in [3.63, 3.8) is 0 Å². The van der Waals surface area contributed by atoms with E-state index in [4.69, 9.17) is 0 Å². The topological polar surface area (TPSA) is 55.2 Å². The van der Waals surface area contributed by atoms with Crippen LogP contribution in [0.5, 0.6) is 0 Å². The lowest BCUT2D eigenvalue weighted by Gasteiger charge is -2.07. The van der Waals surface area contributed by atoms with Crippen LogP contribution in [0.1, 0.15) is 37.3 Å². The van der Waals surface area contributed by atoms with Crippen molar-refractivity contribution < 1.29 is 4.92 Å². The molecule has 0 unspecified atom stereocenters. The summed E-state index contributed by atoms with van der Waals surface area (Å²) in [7, 11) is 0. The molecule has 1 aromatic carbocycles. The molecule has 0 aromatic heterocycles. The van der Waals surface area contributed by atoms with E-state index in [1.807, 2.05) is 12.1 Å². The van der Waals surface area contributed by atoms with Crippen molar-refractivity contribution in [2.75, 3.05) is 6.54 Å². The van der Waals surface area contributed by atoms with Gasteiger partial charge in [0.25, 0.3) is 5.69 Å². The van der Waals surface area contributed by atoms with Crippen molar-refractivity contribution in [3.05, 3.63) is 45.0 Å². The summed E-state index contributed by atoms with van der Waals surface area (Å²) < 4.78 is 0. The molecule has 102 valence electrons. The Balaban J connectivity index is 2.14. The van der Waals surface area contributed by atoms with Gasteiger partial charge in [-0.3, -0.25) is 10.1 Å². The van der Waals surface area contributed by atoms with E-state index in [1.165, 1.54) is 18.4 Å². The third-order valence-corrected chi connectivity index (χ3v) is 3.45. The van der Waals surface area contributed by atoms with Gasteiger partial charge in [0, 0.05) is 24.2 Å². The highest BCUT2D eigenvalue weighted by Gasteiger charge is 2.20. The van der Waals surface area contributed by atoms with Crippen LogP contribution in [0.3, 0.4) is 0 Å². The number of nitro benzene ring substituents is 1. The summed E-state index contributed by atoms with van der Waals surface area (Å²) in [6.45, 7) is 4.76. The summed E-state index contributed by atoms with van der Waals surface area (Å²) in [5.74, 6) is 0. The van der Waals surface area contributed by atoms with Crippen molar-refractivity contribution in [3.8, 4) is 0 Å². The Morgan fingerprint density at radius 2 is 2.26 bits per heavy atom. The maximum absolute atomic E-state index is 10.9. The highest BCUT2D eigenvalue weighted by molar-refractivity contribution is 5.58. The molecule has 2 rings (SSSR count). The summed E-state index contributed by atoms with van der Waals surface area (Å²) in [6.07, 6.45) is 5.56. The molecule has 0 aliphatic heterocycles. The molecule has 0 saturated heterocycles. The van der Waals surface area contributed by atoms with Crippen LogP contribution in [-0.2, 0) is 0 Å². The van der Waals surface area contributed by atoms with E-state index in [1.54, 1.807) is 13.0 Å². The third kappa shape index (κ3) is 3.89. The standard InChI is InChI=1S/C15H20N2O2/c1-3-12(10-16-14-6-7-14)8-13-5-4-11(2)15(9-13)17(18)19/h4-5,8-9,14,16H,3,6-7,10H2,1-2H3. The van der Waals surface area contributed by atoms with E-state index in [-0.39, 0.29) is 10.6 Å². The van der Waals surface area contributed by atoms with E-state index < -0.39 is 0 Å². The Labute approximate surface area is 113 Å². The van der Waals surface area contributed by atoms with Crippen LogP contribution >= 0.6 is 0 Å². The summed E-state index contributed by atoms with van der Waals surface area (Å²) in [5, 5.41) is 14.4. The molecule has 0 bridgehead atoms. The van der Waals surface area contributed by atoms with E-state index >= 15 is 0 Å². The first kappa shape index (κ1) is 13.7. The minimum Gasteiger partial charge on any atom is -0.310 e. The van der Waals surface area contributed by atoms with Crippen molar-refractivity contribution in [2.24, 2.45) is 0 Å². The largest absolute Gasteiger partial charge is 0.310 e. The number of hydrogen-bond donors (Lipinski definition) is 1. The maximum atomic E-state index is 10.9. The molecule has 1 aliphatic rings. The molecule has 4 heteroatoms. The Morgan fingerprint density at radius 1 is 1.53 bits per heavy atom. The molecule has 1 fully saturated rings. The summed E-state index contributed by atoms with van der Waals surface area (Å²) in [4.78, 5) is 10.6. The maximum Gasteiger partial charge on any atom is 0.272 e. The average Bonchev–Trinajstić information content (AvgIpc) is 3.20. The minimum absolute atomic E-state index is 0.194. The summed E-state index contributed by atoms with van der Waals surface area (Å²) >= 11 is 0. The molecule has 0 radical (unpaired) electrons. The monoisotopic (exact) mass is 260 g/mol. The fourth-order valence-electron chi connectivity index (χ4n) is 1.99. The Hall–Kier alpha value is -1.68. The number of hydrogen-bond acceptors (Lipinski definition) is 3. The molecule has 0 spiro atoms. The number of nitrogens with one attached hydrogen (secondary N) is 1. The second-order valence-corrected chi connectivity index (χ2v) is 5.11. The normalized spacial score (nSPS) is 15.6. The highest BCUT2D eigenvalue weighted by atomic mass is 16.6. The van der Waals surface area contributed by atoms with Crippen LogP contribution in [-0.4, -0.2) is 17.5 Å². The van der Waals surface area contributed by atoms with Gasteiger partial charge < -0.3 is 5.32 Å². The SMILES string of the molecule is CCC(=Cc1ccc(C)c([N+](=O)[O-])c1)CNC1CC1. The zero-order valence-corrected chi connectivity index (χ0v) is 11.5. The van der Waals surface area contributed by atoms with Crippen molar-refractivity contribution in [1.82, 2.24) is 5.32 Å². The fraction of sp³-hybridized carbons (Fsp3) is 0.467. The van der Waals surface area contributed by atoms with Crippen LogP contribution in [0, 0.1) is 17.0 Å². The first-order valence-corrected chi connectivity index (χ1v) is 6.78. The molecule has 1 aliphatic carbocycles. The van der Waals surface area contributed by atoms with E-state index in [9.17, 15) is 10.1 Å². The van der Waals surface area contributed by atoms with Crippen LogP contribution in [0.4, 0.5) is 5.69 Å². The lowest BCUT2D eigenvalue weighted by atomic mass is 10.1. The lowest BCUT2D eigenvalue weighted by molar-refractivity contribution is -0.385. The van der Waals surface area contributed by atoms with Gasteiger partial charge in [0.05, 0.1) is 4.92 Å². The lowest BCUT2D eigenvalue weighted by Crippen LogP contribution is -2.18. The Morgan fingerprint density at radius 3 is 2.84 bits per heavy atom. The second kappa shape index (κ2) is 5.97. The molecule has 1 aromatic rings. The molecule has 0 amide bonds. The van der Waals surface area contributed by atoms with Gasteiger partial charge in [0.2, 0.25) is 0 Å². The fourth-order valence-corrected chi connectivity index (χ4v) is 1.99. The first-order chi connectivity index (χ1) is 9.10. The predicted molar refractivity (Wildman–Crippen MR) is 77.1 cm³/mol. The number of aryl methyl sites for hydroxylation is 1. The van der Waals surface area contributed by atoms with Gasteiger partial charge in [-0.05, 0) is 31.7 Å². The van der Waals surface area contributed by atoms with Crippen molar-refractivity contribution >= 4 is 11.8 Å². The Bertz CT molecular complexity index is 505. The van der Waals surface area contributed by atoms with E-state index in [2.05, 4.69) is 18.3 Å². The quantitative estimate of drug-likeness (QED) is 0.629. The summed E-state index contributed by atoms with van der Waals surface area (Å²) in [5.41, 5.74) is 3.09. The first-order valence-electron chi connectivity index (χ1n) is 6.78. The van der Waals surface area contributed by atoms with Crippen molar-refractivity contribution in [1.29, 1.82) is 0 Å². The molecule has 1 saturated carbocycles. The smallest absolute Gasteiger partial charge is 0.272 e. The molecule has 19 heavy (non-hydrogen) atoms. The predicted octanol–water partition coefficient (Wildman–Crippen LogP) is 3.45. The molecule has 1 N–H and O–H groups in total. The average molecular weight is 260 g/mol. The van der Waals surface area contributed by atoms with Gasteiger partial charge >= 0.3 is 0 Å². The van der Waals surface area contributed by atoms with Gasteiger partial charge in [-0.15, -0.1) is 0 Å². The van der Waals surface area contributed by atoms with Gasteiger partial charge in [-0.2, -0.15) is 0 Å². The zero-order chi connectivity index (χ0) is 13.8. The number of benzene rings is 1. The summed E-state index contributed by atoms with van der Waals surface area (Å²) in [6, 6.07) is 6.09. The van der Waals surface area contributed by atoms with E-state index in [0.29, 0.717) is 11.6 Å². The van der Waals surface area contributed by atoms with Crippen molar-refractivity contribution in [2.45, 2.75) is 39.2 Å². The van der Waals surface area contributed by atoms with Gasteiger partial charge in [0.15, 0.2) is 0 Å². The second-order valence-electron chi connectivity index (χ2n) is 5.11.